The topological polar surface area (TPSA) is 49.4 Å². The smallest absolute Gasteiger partial charge is 0.360 e. The fourth-order valence-electron chi connectivity index (χ4n) is 1.98. The lowest BCUT2D eigenvalue weighted by atomic mass is 10.1. The first-order valence-electron chi connectivity index (χ1n) is 5.74. The quantitative estimate of drug-likeness (QED) is 0.686. The predicted octanol–water partition coefficient (Wildman–Crippen LogP) is 2.35. The largest absolute Gasteiger partial charge is 0.405 e. The van der Waals surface area contributed by atoms with Crippen molar-refractivity contribution in [2.75, 3.05) is 23.3 Å². The van der Waals surface area contributed by atoms with E-state index in [1.165, 1.54) is 6.92 Å². The minimum atomic E-state index is -4.49. The molecule has 0 aromatic heterocycles. The number of carbonyl (C=O) groups excluding carboxylic acids is 2. The van der Waals surface area contributed by atoms with Crippen LogP contribution in [0.1, 0.15) is 17.3 Å². The van der Waals surface area contributed by atoms with Crippen LogP contribution in [0.2, 0.25) is 0 Å². The molecule has 0 atom stereocenters. The highest BCUT2D eigenvalue weighted by molar-refractivity contribution is 6.51. The Kier molecular flexibility index (Phi) is 3.41. The van der Waals surface area contributed by atoms with E-state index in [0.29, 0.717) is 0 Å². The van der Waals surface area contributed by atoms with Gasteiger partial charge in [0.25, 0.3) is 11.7 Å². The van der Waals surface area contributed by atoms with Gasteiger partial charge in [-0.25, -0.2) is 4.39 Å². The monoisotopic (exact) mass is 290 g/mol. The molecule has 1 amide bonds. The van der Waals surface area contributed by atoms with Crippen molar-refractivity contribution in [3.8, 4) is 0 Å². The number of benzene rings is 1. The summed E-state index contributed by atoms with van der Waals surface area (Å²) in [6, 6.07) is 1.83. The highest BCUT2D eigenvalue weighted by Crippen LogP contribution is 2.32. The van der Waals surface area contributed by atoms with E-state index in [0.717, 1.165) is 17.0 Å². The molecule has 0 unspecified atom stereocenters. The van der Waals surface area contributed by atoms with E-state index in [2.05, 4.69) is 5.32 Å². The Morgan fingerprint density at radius 2 is 1.90 bits per heavy atom. The number of Topliss-reactive ketones (excluding diaryl/α,β-unsaturated/α-hetero) is 1. The van der Waals surface area contributed by atoms with Crippen LogP contribution < -0.4 is 10.2 Å². The van der Waals surface area contributed by atoms with Crippen LogP contribution in [0, 0.1) is 5.82 Å². The van der Waals surface area contributed by atoms with Crippen molar-refractivity contribution in [2.45, 2.75) is 13.1 Å². The lowest BCUT2D eigenvalue weighted by Gasteiger charge is -2.25. The number of alkyl halides is 3. The summed E-state index contributed by atoms with van der Waals surface area (Å²) < 4.78 is 51.1. The van der Waals surface area contributed by atoms with Gasteiger partial charge in [-0.05, 0) is 19.1 Å². The summed E-state index contributed by atoms with van der Waals surface area (Å²) in [6.07, 6.45) is -4.49. The number of hydrogen-bond acceptors (Lipinski definition) is 3. The summed E-state index contributed by atoms with van der Waals surface area (Å²) in [7, 11) is 0. The maximum Gasteiger partial charge on any atom is 0.405 e. The Hall–Kier alpha value is -2.12. The minimum absolute atomic E-state index is 0.0250. The first-order valence-corrected chi connectivity index (χ1v) is 5.74. The van der Waals surface area contributed by atoms with Crippen molar-refractivity contribution < 1.29 is 27.2 Å². The van der Waals surface area contributed by atoms with Gasteiger partial charge in [-0.3, -0.25) is 9.59 Å². The Morgan fingerprint density at radius 1 is 1.25 bits per heavy atom. The normalized spacial score (nSPS) is 14.2. The molecule has 1 heterocycles. The molecule has 1 aliphatic heterocycles. The second-order valence-electron chi connectivity index (χ2n) is 4.26. The Balaban J connectivity index is 2.41. The van der Waals surface area contributed by atoms with Crippen molar-refractivity contribution >= 4 is 23.1 Å². The van der Waals surface area contributed by atoms with E-state index in [1.54, 1.807) is 0 Å². The van der Waals surface area contributed by atoms with Gasteiger partial charge in [-0.2, -0.15) is 13.2 Å². The van der Waals surface area contributed by atoms with Crippen LogP contribution in [0.3, 0.4) is 0 Å². The fraction of sp³-hybridized carbons (Fsp3) is 0.333. The number of carbonyl (C=O) groups is 2. The predicted molar refractivity (Wildman–Crippen MR) is 63.3 cm³/mol. The Labute approximate surface area is 111 Å². The molecule has 0 aliphatic carbocycles. The van der Waals surface area contributed by atoms with Crippen LogP contribution in [0.25, 0.3) is 0 Å². The number of fused-ring (bicyclic) bond motifs is 1. The molecule has 0 bridgehead atoms. The molecule has 0 saturated carbocycles. The molecule has 0 radical (unpaired) electrons. The summed E-state index contributed by atoms with van der Waals surface area (Å²) in [5.74, 6) is -2.79. The van der Waals surface area contributed by atoms with Crippen LogP contribution >= 0.6 is 0 Å². The van der Waals surface area contributed by atoms with Gasteiger partial charge in [0.1, 0.15) is 12.4 Å². The highest BCUT2D eigenvalue weighted by Gasteiger charge is 2.34. The van der Waals surface area contributed by atoms with Gasteiger partial charge < -0.3 is 10.2 Å². The van der Waals surface area contributed by atoms with E-state index in [9.17, 15) is 27.2 Å². The number of anilines is 2. The lowest BCUT2D eigenvalue weighted by molar-refractivity contribution is -0.119. The molecule has 0 saturated heterocycles. The molecule has 20 heavy (non-hydrogen) atoms. The van der Waals surface area contributed by atoms with Crippen LogP contribution in [-0.4, -0.2) is 31.0 Å². The number of hydrogen-bond donors (Lipinski definition) is 1. The fourth-order valence-corrected chi connectivity index (χ4v) is 1.98. The summed E-state index contributed by atoms with van der Waals surface area (Å²) in [5.41, 5.74) is -0.449. The van der Waals surface area contributed by atoms with E-state index < -0.39 is 30.2 Å². The molecule has 1 aliphatic rings. The highest BCUT2D eigenvalue weighted by atomic mass is 19.4. The number of rotatable bonds is 3. The summed E-state index contributed by atoms with van der Waals surface area (Å²) in [5, 5.41) is 2.19. The first-order chi connectivity index (χ1) is 9.23. The van der Waals surface area contributed by atoms with Crippen molar-refractivity contribution in [1.82, 2.24) is 0 Å². The van der Waals surface area contributed by atoms with Crippen molar-refractivity contribution in [1.29, 1.82) is 0 Å². The minimum Gasteiger partial charge on any atom is -0.360 e. The van der Waals surface area contributed by atoms with E-state index in [-0.39, 0.29) is 23.5 Å². The van der Waals surface area contributed by atoms with Crippen LogP contribution in [0.5, 0.6) is 0 Å². The molecule has 1 aromatic carbocycles. The van der Waals surface area contributed by atoms with Crippen molar-refractivity contribution in [3.63, 3.8) is 0 Å². The number of nitrogens with zero attached hydrogens (tertiary/aromatic N) is 1. The zero-order valence-electron chi connectivity index (χ0n) is 10.3. The van der Waals surface area contributed by atoms with E-state index in [1.807, 2.05) is 0 Å². The standard InChI is InChI=1S/C12H10F4N2O2/c1-2-18(5-12(14,15)16)9-4-8-6(3-7(9)13)10(19)11(20)17-8/h3-4H,2,5H2,1H3,(H,17,19,20). The Bertz CT molecular complexity index is 584. The zero-order chi connectivity index (χ0) is 15.1. The molecule has 0 spiro atoms. The van der Waals surface area contributed by atoms with Crippen LogP contribution in [0.15, 0.2) is 12.1 Å². The van der Waals surface area contributed by atoms with E-state index >= 15 is 0 Å². The molecule has 1 N–H and O–H groups in total. The third-order valence-electron chi connectivity index (χ3n) is 2.88. The maximum absolute atomic E-state index is 13.9. The lowest BCUT2D eigenvalue weighted by Crippen LogP contribution is -2.34. The van der Waals surface area contributed by atoms with Crippen molar-refractivity contribution in [2.24, 2.45) is 0 Å². The maximum atomic E-state index is 13.9. The van der Waals surface area contributed by atoms with Gasteiger partial charge in [-0.15, -0.1) is 0 Å². The first kappa shape index (κ1) is 14.3. The number of halogens is 4. The van der Waals surface area contributed by atoms with Gasteiger partial charge in [0.15, 0.2) is 0 Å². The molecule has 0 fully saturated rings. The summed E-state index contributed by atoms with van der Waals surface area (Å²) >= 11 is 0. The second kappa shape index (κ2) is 4.77. The van der Waals surface area contributed by atoms with Gasteiger partial charge in [0.2, 0.25) is 0 Å². The molecule has 1 aromatic rings. The van der Waals surface area contributed by atoms with Crippen LogP contribution in [0.4, 0.5) is 28.9 Å². The molecule has 4 nitrogen and oxygen atoms in total. The summed E-state index contributed by atoms with van der Waals surface area (Å²) in [6.45, 7) is 0.0559. The molecule has 8 heteroatoms. The van der Waals surface area contributed by atoms with E-state index in [4.69, 9.17) is 0 Å². The number of ketones is 1. The number of nitrogens with one attached hydrogen (secondary N) is 1. The SMILES string of the molecule is CCN(CC(F)(F)F)c1cc2c(cc1F)C(=O)C(=O)N2. The third-order valence-corrected chi connectivity index (χ3v) is 2.88. The van der Waals surface area contributed by atoms with Gasteiger partial charge in [-0.1, -0.05) is 0 Å². The van der Waals surface area contributed by atoms with Crippen LogP contribution in [-0.2, 0) is 4.79 Å². The van der Waals surface area contributed by atoms with Crippen molar-refractivity contribution in [3.05, 3.63) is 23.5 Å². The average molecular weight is 290 g/mol. The van der Waals surface area contributed by atoms with Gasteiger partial charge in [0.05, 0.1) is 16.9 Å². The molecular weight excluding hydrogens is 280 g/mol. The van der Waals surface area contributed by atoms with Gasteiger partial charge in [0, 0.05) is 6.54 Å². The average Bonchev–Trinajstić information content (AvgIpc) is 2.61. The third kappa shape index (κ3) is 2.59. The Morgan fingerprint density at radius 3 is 2.45 bits per heavy atom. The van der Waals surface area contributed by atoms with Gasteiger partial charge >= 0.3 is 6.18 Å². The zero-order valence-corrected chi connectivity index (χ0v) is 10.3. The second-order valence-corrected chi connectivity index (χ2v) is 4.26. The molecule has 2 rings (SSSR count). The molecule has 108 valence electrons. The molecular formula is C12H10F4N2O2. The summed E-state index contributed by atoms with van der Waals surface area (Å²) in [4.78, 5) is 23.3. The number of amides is 1.